The molecule has 0 aliphatic carbocycles. The maximum absolute atomic E-state index is 11.7. The van der Waals surface area contributed by atoms with Crippen LogP contribution in [0, 0.1) is 0 Å². The number of hydrogen-bond acceptors (Lipinski definition) is 3. The fourth-order valence-corrected chi connectivity index (χ4v) is 0.884. The third-order valence-electron chi connectivity index (χ3n) is 1.45. The van der Waals surface area contributed by atoms with Crippen molar-refractivity contribution in [1.29, 1.82) is 0 Å². The molecule has 0 spiro atoms. The lowest BCUT2D eigenvalue weighted by Crippen LogP contribution is -2.06. The van der Waals surface area contributed by atoms with Crippen molar-refractivity contribution >= 4 is 5.97 Å². The number of halogens is 2. The molecule has 0 aliphatic heterocycles. The molecule has 1 aromatic rings. The quantitative estimate of drug-likeness (QED) is 0.797. The molecule has 78 valence electrons. The van der Waals surface area contributed by atoms with Gasteiger partial charge in [0.2, 0.25) is 0 Å². The van der Waals surface area contributed by atoms with Crippen molar-refractivity contribution in [2.24, 2.45) is 0 Å². The second-order valence-corrected chi connectivity index (χ2v) is 2.47. The van der Waals surface area contributed by atoms with Crippen LogP contribution in [-0.2, 0) is 11.3 Å². The molecule has 1 N–H and O–H groups in total. The molecular weight excluding hydrogens is 198 g/mol. The molecule has 6 heteroatoms. The van der Waals surface area contributed by atoms with E-state index in [-0.39, 0.29) is 17.9 Å². The van der Waals surface area contributed by atoms with Crippen LogP contribution >= 0.6 is 0 Å². The lowest BCUT2D eigenvalue weighted by atomic mass is 10.2. The summed E-state index contributed by atoms with van der Waals surface area (Å²) in [7, 11) is 0. The van der Waals surface area contributed by atoms with Gasteiger partial charge < -0.3 is 14.3 Å². The maximum atomic E-state index is 11.7. The summed E-state index contributed by atoms with van der Waals surface area (Å²) in [4.78, 5) is 10.5. The van der Waals surface area contributed by atoms with Gasteiger partial charge in [-0.25, -0.2) is 13.6 Å². The summed E-state index contributed by atoms with van der Waals surface area (Å²) in [5, 5.41) is 8.60. The van der Waals surface area contributed by atoms with Gasteiger partial charge in [0.05, 0.1) is 6.26 Å². The first kappa shape index (κ1) is 10.6. The number of aromatic carboxylic acids is 1. The number of furan rings is 1. The topological polar surface area (TPSA) is 59.7 Å². The van der Waals surface area contributed by atoms with Gasteiger partial charge in [-0.05, 0) is 6.07 Å². The molecule has 0 fully saturated rings. The number of hydrogen-bond donors (Lipinski definition) is 1. The Hall–Kier alpha value is -1.43. The number of alkyl halides is 2. The lowest BCUT2D eigenvalue weighted by Gasteiger charge is -2.01. The molecule has 4 nitrogen and oxygen atoms in total. The van der Waals surface area contributed by atoms with Crippen molar-refractivity contribution in [3.63, 3.8) is 0 Å². The molecule has 0 radical (unpaired) electrons. The molecule has 0 unspecified atom stereocenters. The van der Waals surface area contributed by atoms with Crippen LogP contribution in [0.4, 0.5) is 8.78 Å². The molecule has 0 bridgehead atoms. The predicted molar refractivity (Wildman–Crippen MR) is 41.3 cm³/mol. The Labute approximate surface area is 78.1 Å². The van der Waals surface area contributed by atoms with Crippen LogP contribution in [0.5, 0.6) is 0 Å². The van der Waals surface area contributed by atoms with E-state index in [1.807, 2.05) is 0 Å². The zero-order chi connectivity index (χ0) is 10.6. The molecule has 1 heterocycles. The van der Waals surface area contributed by atoms with Gasteiger partial charge >= 0.3 is 5.97 Å². The highest BCUT2D eigenvalue weighted by molar-refractivity contribution is 5.88. The van der Waals surface area contributed by atoms with E-state index in [1.54, 1.807) is 0 Å². The maximum Gasteiger partial charge on any atom is 0.339 e. The Bertz CT molecular complexity index is 308. The van der Waals surface area contributed by atoms with Gasteiger partial charge in [-0.15, -0.1) is 0 Å². The smallest absolute Gasteiger partial charge is 0.339 e. The van der Waals surface area contributed by atoms with E-state index in [2.05, 4.69) is 4.74 Å². The van der Waals surface area contributed by atoms with E-state index in [0.717, 1.165) is 0 Å². The lowest BCUT2D eigenvalue weighted by molar-refractivity contribution is 0.00412. The van der Waals surface area contributed by atoms with Gasteiger partial charge in [-0.2, -0.15) is 0 Å². The number of rotatable bonds is 5. The fourth-order valence-electron chi connectivity index (χ4n) is 0.884. The molecule has 0 amide bonds. The monoisotopic (exact) mass is 206 g/mol. The summed E-state index contributed by atoms with van der Waals surface area (Å²) in [5.41, 5.74) is -0.0701. The van der Waals surface area contributed by atoms with Gasteiger partial charge in [-0.1, -0.05) is 0 Å². The van der Waals surface area contributed by atoms with Crippen molar-refractivity contribution < 1.29 is 27.8 Å². The second kappa shape index (κ2) is 4.71. The molecule has 1 rings (SSSR count). The van der Waals surface area contributed by atoms with E-state index in [4.69, 9.17) is 9.52 Å². The summed E-state index contributed by atoms with van der Waals surface area (Å²) in [6.45, 7) is -1.00. The summed E-state index contributed by atoms with van der Waals surface area (Å²) in [6, 6.07) is 1.24. The predicted octanol–water partition coefficient (Wildman–Crippen LogP) is 1.76. The minimum atomic E-state index is -2.57. The highest BCUT2D eigenvalue weighted by atomic mass is 19.3. The van der Waals surface area contributed by atoms with E-state index in [0.29, 0.717) is 0 Å². The fraction of sp³-hybridized carbons (Fsp3) is 0.375. The van der Waals surface area contributed by atoms with Crippen LogP contribution in [-0.4, -0.2) is 24.1 Å². The Balaban J connectivity index is 2.50. The van der Waals surface area contributed by atoms with Crippen LogP contribution in [0.2, 0.25) is 0 Å². The van der Waals surface area contributed by atoms with E-state index < -0.39 is 19.0 Å². The van der Waals surface area contributed by atoms with Crippen LogP contribution < -0.4 is 0 Å². The molecule has 0 aliphatic rings. The molecule has 0 aromatic carbocycles. The van der Waals surface area contributed by atoms with Gasteiger partial charge in [0, 0.05) is 0 Å². The average Bonchev–Trinajstić information content (AvgIpc) is 2.51. The minimum absolute atomic E-state index is 0.0400. The SMILES string of the molecule is O=C(O)c1ccoc1COCC(F)F. The third kappa shape index (κ3) is 2.81. The van der Waals surface area contributed by atoms with Gasteiger partial charge in [0.25, 0.3) is 6.43 Å². The summed E-state index contributed by atoms with van der Waals surface area (Å²) >= 11 is 0. The Morgan fingerprint density at radius 2 is 2.36 bits per heavy atom. The van der Waals surface area contributed by atoms with Gasteiger partial charge in [0.1, 0.15) is 24.5 Å². The number of ether oxygens (including phenoxy) is 1. The van der Waals surface area contributed by atoms with Gasteiger partial charge in [-0.3, -0.25) is 0 Å². The van der Waals surface area contributed by atoms with Crippen molar-refractivity contribution in [3.05, 3.63) is 23.7 Å². The van der Waals surface area contributed by atoms with Crippen molar-refractivity contribution in [1.82, 2.24) is 0 Å². The number of carbonyl (C=O) groups is 1. The zero-order valence-corrected chi connectivity index (χ0v) is 7.07. The number of carboxylic acid groups (broad SMARTS) is 1. The Kier molecular flexibility index (Phi) is 3.58. The first-order valence-corrected chi connectivity index (χ1v) is 3.77. The summed E-state index contributed by atoms with van der Waals surface area (Å²) in [5.74, 6) is -1.13. The third-order valence-corrected chi connectivity index (χ3v) is 1.45. The normalized spacial score (nSPS) is 10.8. The first-order chi connectivity index (χ1) is 6.61. The Morgan fingerprint density at radius 1 is 1.64 bits per heavy atom. The standard InChI is InChI=1S/C8H8F2O4/c9-7(10)4-13-3-6-5(8(11)12)1-2-14-6/h1-2,7H,3-4H2,(H,11,12). The summed E-state index contributed by atoms with van der Waals surface area (Å²) in [6.07, 6.45) is -1.40. The molecule has 0 atom stereocenters. The largest absolute Gasteiger partial charge is 0.478 e. The molecule has 1 aromatic heterocycles. The second-order valence-electron chi connectivity index (χ2n) is 2.47. The van der Waals surface area contributed by atoms with Crippen LogP contribution in [0.1, 0.15) is 16.1 Å². The molecular formula is C8H8F2O4. The first-order valence-electron chi connectivity index (χ1n) is 3.77. The van der Waals surface area contributed by atoms with E-state index in [1.165, 1.54) is 12.3 Å². The van der Waals surface area contributed by atoms with Crippen molar-refractivity contribution in [2.75, 3.05) is 6.61 Å². The average molecular weight is 206 g/mol. The van der Waals surface area contributed by atoms with Gasteiger partial charge in [0.15, 0.2) is 0 Å². The van der Waals surface area contributed by atoms with Crippen molar-refractivity contribution in [3.8, 4) is 0 Å². The zero-order valence-electron chi connectivity index (χ0n) is 7.07. The van der Waals surface area contributed by atoms with E-state index in [9.17, 15) is 13.6 Å². The number of carboxylic acids is 1. The summed E-state index contributed by atoms with van der Waals surface area (Å²) < 4.78 is 32.6. The Morgan fingerprint density at radius 3 is 2.93 bits per heavy atom. The van der Waals surface area contributed by atoms with Crippen LogP contribution in [0.3, 0.4) is 0 Å². The highest BCUT2D eigenvalue weighted by Crippen LogP contribution is 2.12. The van der Waals surface area contributed by atoms with Crippen LogP contribution in [0.15, 0.2) is 16.7 Å². The minimum Gasteiger partial charge on any atom is -0.478 e. The van der Waals surface area contributed by atoms with Crippen LogP contribution in [0.25, 0.3) is 0 Å². The molecule has 0 saturated heterocycles. The van der Waals surface area contributed by atoms with Crippen molar-refractivity contribution in [2.45, 2.75) is 13.0 Å². The molecule has 0 saturated carbocycles. The highest BCUT2D eigenvalue weighted by Gasteiger charge is 2.13. The molecule has 14 heavy (non-hydrogen) atoms. The van der Waals surface area contributed by atoms with E-state index >= 15 is 0 Å².